The zero-order valence-electron chi connectivity index (χ0n) is 13.5. The summed E-state index contributed by atoms with van der Waals surface area (Å²) in [6, 6.07) is 7.01. The van der Waals surface area contributed by atoms with Gasteiger partial charge in [-0.15, -0.1) is 0 Å². The number of carbonyl (C=O) groups excluding carboxylic acids is 1. The molecule has 0 aliphatic heterocycles. The molecule has 146 valence electrons. The van der Waals surface area contributed by atoms with Gasteiger partial charge in [0.1, 0.15) is 5.82 Å². The Hall–Kier alpha value is -2.17. The molecule has 0 heterocycles. The minimum atomic E-state index is -5.23. The number of anilines is 1. The van der Waals surface area contributed by atoms with Crippen LogP contribution in [0.5, 0.6) is 0 Å². The average molecular weight is 426 g/mol. The van der Waals surface area contributed by atoms with Gasteiger partial charge in [-0.3, -0.25) is 4.79 Å². The van der Waals surface area contributed by atoms with Gasteiger partial charge in [0, 0.05) is 0 Å². The molecule has 11 heteroatoms. The zero-order valence-corrected chi connectivity index (χ0v) is 15.1. The Morgan fingerprint density at radius 2 is 1.70 bits per heavy atom. The number of hydrogen-bond donors (Lipinski definition) is 2. The maximum Gasteiger partial charge on any atom is 0.426 e. The van der Waals surface area contributed by atoms with Crippen molar-refractivity contribution in [1.82, 2.24) is 0 Å². The predicted octanol–water partition coefficient (Wildman–Crippen LogP) is 3.56. The van der Waals surface area contributed by atoms with E-state index in [-0.39, 0.29) is 27.4 Å². The van der Waals surface area contributed by atoms with E-state index < -0.39 is 33.3 Å². The molecule has 0 spiro atoms. The minimum absolute atomic E-state index is 0.263. The van der Waals surface area contributed by atoms with Crippen molar-refractivity contribution in [1.29, 1.82) is 0 Å². The van der Waals surface area contributed by atoms with Crippen molar-refractivity contribution < 1.29 is 35.9 Å². The first kappa shape index (κ1) is 21.1. The Labute approximate surface area is 156 Å². The first-order chi connectivity index (χ1) is 12.3. The summed E-state index contributed by atoms with van der Waals surface area (Å²) in [5.74, 6) is -2.57. The van der Waals surface area contributed by atoms with E-state index in [0.29, 0.717) is 0 Å². The number of carbonyl (C=O) groups is 1. The molecule has 0 aliphatic rings. The number of amides is 1. The molecule has 0 saturated carbocycles. The van der Waals surface area contributed by atoms with Crippen molar-refractivity contribution >= 4 is 33.0 Å². The first-order valence-electron chi connectivity index (χ1n) is 7.17. The highest BCUT2D eigenvalue weighted by atomic mass is 35.5. The fourth-order valence-corrected chi connectivity index (χ4v) is 3.52. The SMILES string of the molecule is C[C@@](O)(C(=O)Nc1ccc(S(=O)(=O)c2cccc(F)c2)cc1Cl)C(F)(F)F. The molecule has 27 heavy (non-hydrogen) atoms. The molecule has 2 N–H and O–H groups in total. The largest absolute Gasteiger partial charge is 0.426 e. The molecular weight excluding hydrogens is 414 g/mol. The van der Waals surface area contributed by atoms with Crippen LogP contribution in [0.2, 0.25) is 5.02 Å². The van der Waals surface area contributed by atoms with Crippen molar-refractivity contribution in [3.8, 4) is 0 Å². The standard InChI is InChI=1S/C16H12ClF4NO4S/c1-15(24,16(19,20)21)14(23)22-13-6-5-11(8-12(13)17)27(25,26)10-4-2-3-9(18)7-10/h2-8,24H,1H3,(H,22,23)/t15-/m1/s1. The lowest BCUT2D eigenvalue weighted by Crippen LogP contribution is -2.52. The number of rotatable bonds is 4. The molecule has 2 rings (SSSR count). The average Bonchev–Trinajstić information content (AvgIpc) is 2.55. The molecular formula is C16H12ClF4NO4S. The van der Waals surface area contributed by atoms with Gasteiger partial charge in [0.05, 0.1) is 20.5 Å². The molecule has 0 aliphatic carbocycles. The van der Waals surface area contributed by atoms with Gasteiger partial charge >= 0.3 is 6.18 Å². The number of hydrogen-bond acceptors (Lipinski definition) is 4. The second-order valence-corrected chi connectivity index (χ2v) is 7.98. The number of nitrogens with one attached hydrogen (secondary N) is 1. The van der Waals surface area contributed by atoms with E-state index in [1.165, 1.54) is 6.07 Å². The van der Waals surface area contributed by atoms with E-state index in [4.69, 9.17) is 11.6 Å². The Kier molecular flexibility index (Phi) is 5.56. The van der Waals surface area contributed by atoms with E-state index in [1.54, 1.807) is 5.32 Å². The summed E-state index contributed by atoms with van der Waals surface area (Å²) in [6.07, 6.45) is -5.23. The molecule has 0 bridgehead atoms. The van der Waals surface area contributed by atoms with Gasteiger partial charge in [-0.1, -0.05) is 17.7 Å². The van der Waals surface area contributed by atoms with Crippen molar-refractivity contribution in [2.75, 3.05) is 5.32 Å². The monoisotopic (exact) mass is 425 g/mol. The third-order valence-corrected chi connectivity index (χ3v) is 5.66. The molecule has 0 radical (unpaired) electrons. The highest BCUT2D eigenvalue weighted by Gasteiger charge is 2.55. The molecule has 0 aromatic heterocycles. The number of alkyl halides is 3. The third-order valence-electron chi connectivity index (χ3n) is 3.60. The quantitative estimate of drug-likeness (QED) is 0.734. The summed E-state index contributed by atoms with van der Waals surface area (Å²) in [7, 11) is -4.15. The topological polar surface area (TPSA) is 83.5 Å². The van der Waals surface area contributed by atoms with Crippen LogP contribution in [-0.2, 0) is 14.6 Å². The summed E-state index contributed by atoms with van der Waals surface area (Å²) in [4.78, 5) is 11.0. The van der Waals surface area contributed by atoms with Gasteiger partial charge in [-0.25, -0.2) is 12.8 Å². The summed E-state index contributed by atoms with van der Waals surface area (Å²) < 4.78 is 76.2. The smallest absolute Gasteiger partial charge is 0.373 e. The molecule has 2 aromatic rings. The second kappa shape index (κ2) is 7.10. The van der Waals surface area contributed by atoms with Gasteiger partial charge in [0.2, 0.25) is 15.4 Å². The van der Waals surface area contributed by atoms with Crippen LogP contribution in [0, 0.1) is 5.82 Å². The summed E-state index contributed by atoms with van der Waals surface area (Å²) in [6.45, 7) is 0.263. The molecule has 0 saturated heterocycles. The van der Waals surface area contributed by atoms with Crippen LogP contribution in [0.1, 0.15) is 6.92 Å². The van der Waals surface area contributed by atoms with E-state index >= 15 is 0 Å². The highest BCUT2D eigenvalue weighted by Crippen LogP contribution is 2.33. The molecule has 2 aromatic carbocycles. The lowest BCUT2D eigenvalue weighted by molar-refractivity contribution is -0.242. The number of benzene rings is 2. The van der Waals surface area contributed by atoms with Crippen LogP contribution < -0.4 is 5.32 Å². The molecule has 0 fully saturated rings. The number of sulfone groups is 1. The molecule has 0 unspecified atom stereocenters. The van der Waals surface area contributed by atoms with Gasteiger partial charge in [-0.2, -0.15) is 13.2 Å². The van der Waals surface area contributed by atoms with E-state index in [1.807, 2.05) is 0 Å². The van der Waals surface area contributed by atoms with Crippen LogP contribution in [0.3, 0.4) is 0 Å². The van der Waals surface area contributed by atoms with Gasteiger partial charge in [0.25, 0.3) is 5.91 Å². The van der Waals surface area contributed by atoms with Crippen molar-refractivity contribution in [3.63, 3.8) is 0 Å². The van der Waals surface area contributed by atoms with Crippen LogP contribution in [0.25, 0.3) is 0 Å². The Morgan fingerprint density at radius 3 is 2.22 bits per heavy atom. The maximum absolute atomic E-state index is 13.3. The molecule has 5 nitrogen and oxygen atoms in total. The normalized spacial score (nSPS) is 14.5. The molecule has 1 atom stereocenters. The minimum Gasteiger partial charge on any atom is -0.373 e. The van der Waals surface area contributed by atoms with Gasteiger partial charge in [0.15, 0.2) is 0 Å². The summed E-state index contributed by atoms with van der Waals surface area (Å²) >= 11 is 5.85. The van der Waals surface area contributed by atoms with Crippen LogP contribution in [-0.4, -0.2) is 31.2 Å². The zero-order chi connectivity index (χ0) is 20.6. The first-order valence-corrected chi connectivity index (χ1v) is 9.03. The van der Waals surface area contributed by atoms with Crippen LogP contribution in [0.4, 0.5) is 23.2 Å². The summed E-state index contributed by atoms with van der Waals surface area (Å²) in [5, 5.41) is 10.7. The van der Waals surface area contributed by atoms with Crippen LogP contribution in [0.15, 0.2) is 52.3 Å². The van der Waals surface area contributed by atoms with Crippen LogP contribution >= 0.6 is 11.6 Å². The van der Waals surface area contributed by atoms with E-state index in [2.05, 4.69) is 0 Å². The van der Waals surface area contributed by atoms with E-state index in [0.717, 1.165) is 36.4 Å². The van der Waals surface area contributed by atoms with Gasteiger partial charge < -0.3 is 10.4 Å². The fraction of sp³-hybridized carbons (Fsp3) is 0.188. The van der Waals surface area contributed by atoms with Crippen molar-refractivity contribution in [2.45, 2.75) is 28.5 Å². The van der Waals surface area contributed by atoms with Crippen molar-refractivity contribution in [2.24, 2.45) is 0 Å². The second-order valence-electron chi connectivity index (χ2n) is 5.63. The summed E-state index contributed by atoms with van der Waals surface area (Å²) in [5.41, 5.74) is -4.02. The highest BCUT2D eigenvalue weighted by molar-refractivity contribution is 7.91. The number of halogens is 5. The van der Waals surface area contributed by atoms with Crippen molar-refractivity contribution in [3.05, 3.63) is 53.3 Å². The third kappa shape index (κ3) is 4.23. The Morgan fingerprint density at radius 1 is 1.11 bits per heavy atom. The van der Waals surface area contributed by atoms with Gasteiger partial charge in [-0.05, 0) is 43.3 Å². The Bertz CT molecular complexity index is 990. The fourth-order valence-electron chi connectivity index (χ4n) is 1.91. The lowest BCUT2D eigenvalue weighted by Gasteiger charge is -2.25. The Balaban J connectivity index is 2.35. The predicted molar refractivity (Wildman–Crippen MR) is 88.6 cm³/mol. The maximum atomic E-state index is 13.3. The van der Waals surface area contributed by atoms with E-state index in [9.17, 15) is 35.9 Å². The lowest BCUT2D eigenvalue weighted by atomic mass is 10.1. The number of aliphatic hydroxyl groups is 1. The molecule has 1 amide bonds.